The van der Waals surface area contributed by atoms with Crippen molar-refractivity contribution in [2.24, 2.45) is 0 Å². The molecule has 0 N–H and O–H groups in total. The monoisotopic (exact) mass is 540 g/mol. The molecule has 0 rings (SSSR count). The predicted octanol–water partition coefficient (Wildman–Crippen LogP) is 13.4. The van der Waals surface area contributed by atoms with Crippen LogP contribution in [0.3, 0.4) is 0 Å². The summed E-state index contributed by atoms with van der Waals surface area (Å²) < 4.78 is 0. The summed E-state index contributed by atoms with van der Waals surface area (Å²) in [6.45, 7) is 21.9. The van der Waals surface area contributed by atoms with E-state index in [9.17, 15) is 0 Å². The van der Waals surface area contributed by atoms with Gasteiger partial charge in [-0.3, -0.25) is 0 Å². The van der Waals surface area contributed by atoms with Crippen molar-refractivity contribution in [3.05, 3.63) is 130 Å². The van der Waals surface area contributed by atoms with E-state index in [-0.39, 0.29) is 0 Å². The summed E-state index contributed by atoms with van der Waals surface area (Å²) in [5, 5.41) is 0. The predicted molar refractivity (Wildman–Crippen MR) is 186 cm³/mol. The minimum atomic E-state index is 1.12. The number of hydrogen-bond donors (Lipinski definition) is 0. The molecule has 0 aromatic heterocycles. The van der Waals surface area contributed by atoms with Crippen LogP contribution in [-0.2, 0) is 0 Å². The van der Waals surface area contributed by atoms with Gasteiger partial charge in [0.05, 0.1) is 0 Å². The van der Waals surface area contributed by atoms with Gasteiger partial charge in [-0.15, -0.1) is 0 Å². The van der Waals surface area contributed by atoms with Crippen LogP contribution >= 0.6 is 0 Å². The molecule has 40 heavy (non-hydrogen) atoms. The van der Waals surface area contributed by atoms with E-state index in [2.05, 4.69) is 154 Å². The average Bonchev–Trinajstić information content (AvgIpc) is 2.86. The van der Waals surface area contributed by atoms with Crippen molar-refractivity contribution in [2.45, 2.75) is 121 Å². The Morgan fingerprint density at radius 3 is 1.02 bits per heavy atom. The largest absolute Gasteiger partial charge is 0.0856 e. The molecule has 0 heteroatoms. The van der Waals surface area contributed by atoms with Gasteiger partial charge >= 0.3 is 0 Å². The Bertz CT molecular complexity index is 967. The summed E-state index contributed by atoms with van der Waals surface area (Å²) in [6.07, 6.45) is 40.3. The van der Waals surface area contributed by atoms with Crippen molar-refractivity contribution < 1.29 is 0 Å². The van der Waals surface area contributed by atoms with Crippen molar-refractivity contribution in [2.75, 3.05) is 0 Å². The normalized spacial score (nSPS) is 14.7. The molecule has 0 spiro atoms. The second-order valence-electron chi connectivity index (χ2n) is 11.8. The highest BCUT2D eigenvalue weighted by Gasteiger charge is 1.92. The second kappa shape index (κ2) is 24.0. The fourth-order valence-corrected chi connectivity index (χ4v) is 3.89. The molecular formula is C40H60. The Kier molecular flexibility index (Phi) is 22.3. The molecule has 0 fully saturated rings. The van der Waals surface area contributed by atoms with Crippen molar-refractivity contribution in [3.8, 4) is 0 Å². The smallest absolute Gasteiger partial charge is 0.0285 e. The Morgan fingerprint density at radius 1 is 0.350 bits per heavy atom. The van der Waals surface area contributed by atoms with Crippen molar-refractivity contribution >= 4 is 0 Å². The molecule has 0 heterocycles. The van der Waals surface area contributed by atoms with Crippen LogP contribution in [0.25, 0.3) is 0 Å². The third-order valence-electron chi connectivity index (χ3n) is 6.55. The molecular weight excluding hydrogens is 480 g/mol. The van der Waals surface area contributed by atoms with Crippen LogP contribution in [0, 0.1) is 0 Å². The average molecular weight is 541 g/mol. The molecule has 0 saturated carbocycles. The summed E-state index contributed by atoms with van der Waals surface area (Å²) in [4.78, 5) is 0. The van der Waals surface area contributed by atoms with Gasteiger partial charge in [0.2, 0.25) is 0 Å². The van der Waals surface area contributed by atoms with E-state index < -0.39 is 0 Å². The number of rotatable bonds is 18. The van der Waals surface area contributed by atoms with Crippen LogP contribution in [0.15, 0.2) is 130 Å². The minimum Gasteiger partial charge on any atom is -0.0856 e. The van der Waals surface area contributed by atoms with E-state index in [0.717, 1.165) is 38.5 Å². The molecule has 0 aliphatic heterocycles. The summed E-state index contributed by atoms with van der Waals surface area (Å²) >= 11 is 0. The van der Waals surface area contributed by atoms with Gasteiger partial charge in [0, 0.05) is 0 Å². The molecule has 220 valence electrons. The molecule has 0 amide bonds. The van der Waals surface area contributed by atoms with Gasteiger partial charge < -0.3 is 0 Å². The molecule has 0 aliphatic carbocycles. The highest BCUT2D eigenvalue weighted by Crippen LogP contribution is 2.13. The van der Waals surface area contributed by atoms with Gasteiger partial charge in [-0.2, -0.15) is 0 Å². The third kappa shape index (κ3) is 25.4. The zero-order valence-corrected chi connectivity index (χ0v) is 27.7. The zero-order chi connectivity index (χ0) is 30.2. The van der Waals surface area contributed by atoms with Crippen LogP contribution < -0.4 is 0 Å². The molecule has 0 atom stereocenters. The third-order valence-corrected chi connectivity index (χ3v) is 6.55. The van der Waals surface area contributed by atoms with E-state index in [1.807, 2.05) is 0 Å². The first-order valence-electron chi connectivity index (χ1n) is 15.3. The molecule has 0 aromatic rings. The lowest BCUT2D eigenvalue weighted by molar-refractivity contribution is 0.918. The molecule has 0 unspecified atom stereocenters. The van der Waals surface area contributed by atoms with E-state index in [0.29, 0.717) is 0 Å². The fourth-order valence-electron chi connectivity index (χ4n) is 3.89. The highest BCUT2D eigenvalue weighted by atomic mass is 14.0. The maximum atomic E-state index is 2.40. The first-order valence-corrected chi connectivity index (χ1v) is 15.3. The molecule has 0 aliphatic rings. The van der Waals surface area contributed by atoms with Gasteiger partial charge in [-0.25, -0.2) is 0 Å². The second-order valence-corrected chi connectivity index (χ2v) is 11.8. The lowest BCUT2D eigenvalue weighted by Crippen LogP contribution is -1.80. The first-order chi connectivity index (χ1) is 19.0. The minimum absolute atomic E-state index is 1.12. The fraction of sp³-hybridized carbons (Fsp3) is 0.450. The van der Waals surface area contributed by atoms with E-state index in [4.69, 9.17) is 0 Å². The van der Waals surface area contributed by atoms with Crippen molar-refractivity contribution in [1.29, 1.82) is 0 Å². The Morgan fingerprint density at radius 2 is 0.675 bits per heavy atom. The maximum Gasteiger partial charge on any atom is -0.0285 e. The molecule has 0 aromatic carbocycles. The van der Waals surface area contributed by atoms with Crippen LogP contribution in [-0.4, -0.2) is 0 Å². The number of allylic oxidation sites excluding steroid dienone is 22. The lowest BCUT2D eigenvalue weighted by atomic mass is 10.1. The van der Waals surface area contributed by atoms with Crippen LogP contribution in [0.2, 0.25) is 0 Å². The summed E-state index contributed by atoms with van der Waals surface area (Å²) in [5.41, 5.74) is 11.1. The van der Waals surface area contributed by atoms with Gasteiger partial charge in [0.1, 0.15) is 0 Å². The van der Waals surface area contributed by atoms with E-state index in [1.165, 1.54) is 57.4 Å². The van der Waals surface area contributed by atoms with Gasteiger partial charge in [-0.05, 0) is 121 Å². The molecule has 0 nitrogen and oxygen atoms in total. The van der Waals surface area contributed by atoms with Crippen LogP contribution in [0.1, 0.15) is 121 Å². The molecule has 0 saturated heterocycles. The topological polar surface area (TPSA) is 0 Å². The quantitative estimate of drug-likeness (QED) is 0.120. The number of hydrogen-bond acceptors (Lipinski definition) is 0. The van der Waals surface area contributed by atoms with Crippen LogP contribution in [0.5, 0.6) is 0 Å². The lowest BCUT2D eigenvalue weighted by Gasteiger charge is -2.00. The van der Waals surface area contributed by atoms with Gasteiger partial charge in [0.25, 0.3) is 0 Å². The highest BCUT2D eigenvalue weighted by molar-refractivity contribution is 5.30. The van der Waals surface area contributed by atoms with Crippen LogP contribution in [0.4, 0.5) is 0 Å². The SMILES string of the molecule is CC(C)=CCC/C(C)=C/CC\C(C)=C/C=C/C(C)=C/C=C\C=C(C)\C=C\C=C(\C)CC/C=C(\C)CCC=C(C)C. The van der Waals surface area contributed by atoms with Crippen molar-refractivity contribution in [1.82, 2.24) is 0 Å². The summed E-state index contributed by atoms with van der Waals surface area (Å²) in [7, 11) is 0. The molecule has 0 radical (unpaired) electrons. The zero-order valence-electron chi connectivity index (χ0n) is 27.7. The van der Waals surface area contributed by atoms with Gasteiger partial charge in [0.15, 0.2) is 0 Å². The Labute approximate surface area is 249 Å². The maximum absolute atomic E-state index is 2.40. The summed E-state index contributed by atoms with van der Waals surface area (Å²) in [5.74, 6) is 0. The molecule has 0 bridgehead atoms. The van der Waals surface area contributed by atoms with Crippen molar-refractivity contribution in [3.63, 3.8) is 0 Å². The standard InChI is InChI=1S/C40H60/c1-33(2)19-13-23-37(7)27-17-31-39(9)29-15-25-35(5)21-11-12-22-36(6)26-16-30-40(10)32-18-28-38(8)24-14-20-34(3)4/h11-12,15-16,19-22,25-30H,13-14,17-18,23-24,31-32H2,1-10H3/b12-11-,25-15+,26-16+,35-21+,36-22+,37-27+,38-28+,39-29-,40-30-. The Balaban J connectivity index is 4.51. The van der Waals surface area contributed by atoms with Gasteiger partial charge in [-0.1, -0.05) is 130 Å². The Hall–Kier alpha value is -2.86. The summed E-state index contributed by atoms with van der Waals surface area (Å²) in [6, 6.07) is 0. The van der Waals surface area contributed by atoms with E-state index in [1.54, 1.807) is 0 Å². The first kappa shape index (κ1) is 37.1. The van der Waals surface area contributed by atoms with E-state index >= 15 is 0 Å².